The lowest BCUT2D eigenvalue weighted by molar-refractivity contribution is 0.0145. The quantitative estimate of drug-likeness (QED) is 0.440. The van der Waals surface area contributed by atoms with Crippen LogP contribution in [0.1, 0.15) is 32.1 Å². The first-order valence-corrected chi connectivity index (χ1v) is 10.4. The van der Waals surface area contributed by atoms with Crippen molar-refractivity contribution in [2.45, 2.75) is 39.3 Å². The summed E-state index contributed by atoms with van der Waals surface area (Å²) in [5, 5.41) is 8.76. The molecule has 0 bridgehead atoms. The van der Waals surface area contributed by atoms with E-state index in [-0.39, 0.29) is 6.09 Å². The lowest BCUT2D eigenvalue weighted by Crippen LogP contribution is -2.50. The van der Waals surface area contributed by atoms with E-state index in [0.29, 0.717) is 0 Å². The molecule has 27 heavy (non-hydrogen) atoms. The number of ether oxygens (including phenoxy) is 1. The van der Waals surface area contributed by atoms with E-state index in [4.69, 9.17) is 4.74 Å². The number of nitrogens with one attached hydrogen (secondary N) is 2. The molecule has 0 radical (unpaired) electrons. The Bertz CT molecular complexity index is 590. The SMILES string of the molecule is CN=C(NCCCN1CCN(C(=O)OC(C)(C)C)CC1)NCc1cccs1. The van der Waals surface area contributed by atoms with Crippen LogP contribution >= 0.6 is 11.3 Å². The van der Waals surface area contributed by atoms with Crippen LogP contribution in [0.4, 0.5) is 4.79 Å². The summed E-state index contributed by atoms with van der Waals surface area (Å²) in [5.74, 6) is 0.832. The van der Waals surface area contributed by atoms with Crippen LogP contribution in [-0.2, 0) is 11.3 Å². The molecule has 0 unspecified atom stereocenters. The molecule has 152 valence electrons. The van der Waals surface area contributed by atoms with Crippen molar-refractivity contribution in [1.82, 2.24) is 20.4 Å². The summed E-state index contributed by atoms with van der Waals surface area (Å²) in [7, 11) is 1.79. The van der Waals surface area contributed by atoms with Crippen molar-refractivity contribution in [3.63, 3.8) is 0 Å². The maximum Gasteiger partial charge on any atom is 0.410 e. The van der Waals surface area contributed by atoms with Gasteiger partial charge in [0.2, 0.25) is 0 Å². The average molecular weight is 396 g/mol. The normalized spacial score (nSPS) is 16.3. The third kappa shape index (κ3) is 8.17. The van der Waals surface area contributed by atoms with E-state index < -0.39 is 5.60 Å². The van der Waals surface area contributed by atoms with E-state index in [1.807, 2.05) is 20.8 Å². The number of amides is 1. The Balaban J connectivity index is 1.58. The van der Waals surface area contributed by atoms with Crippen LogP contribution in [0.2, 0.25) is 0 Å². The topological polar surface area (TPSA) is 69.2 Å². The fraction of sp³-hybridized carbons (Fsp3) is 0.684. The standard InChI is InChI=1S/C19H33N5O2S/c1-19(2,3)26-18(25)24-12-10-23(11-13-24)9-6-8-21-17(20-4)22-15-16-7-5-14-27-16/h5,7,14H,6,8-13,15H2,1-4H3,(H2,20,21,22). The largest absolute Gasteiger partial charge is 0.444 e. The van der Waals surface area contributed by atoms with Crippen molar-refractivity contribution in [3.8, 4) is 0 Å². The van der Waals surface area contributed by atoms with Gasteiger partial charge in [-0.3, -0.25) is 9.89 Å². The van der Waals surface area contributed by atoms with Crippen molar-refractivity contribution < 1.29 is 9.53 Å². The Morgan fingerprint density at radius 2 is 2.00 bits per heavy atom. The fourth-order valence-corrected chi connectivity index (χ4v) is 3.44. The number of nitrogens with zero attached hydrogens (tertiary/aromatic N) is 3. The number of carbonyl (C=O) groups is 1. The molecule has 0 spiro atoms. The number of guanidine groups is 1. The van der Waals surface area contributed by atoms with E-state index in [9.17, 15) is 4.79 Å². The zero-order valence-corrected chi connectivity index (χ0v) is 17.8. The highest BCUT2D eigenvalue weighted by atomic mass is 32.1. The molecule has 2 rings (SSSR count). The highest BCUT2D eigenvalue weighted by Gasteiger charge is 2.25. The summed E-state index contributed by atoms with van der Waals surface area (Å²) in [4.78, 5) is 21.8. The van der Waals surface area contributed by atoms with E-state index in [1.165, 1.54) is 4.88 Å². The summed E-state index contributed by atoms with van der Waals surface area (Å²) in [6, 6.07) is 4.17. The molecule has 0 aromatic carbocycles. The van der Waals surface area contributed by atoms with Gasteiger partial charge in [-0.2, -0.15) is 0 Å². The maximum atomic E-state index is 12.1. The predicted octanol–water partition coefficient (Wildman–Crippen LogP) is 2.36. The van der Waals surface area contributed by atoms with Gasteiger partial charge < -0.3 is 20.3 Å². The smallest absolute Gasteiger partial charge is 0.410 e. The van der Waals surface area contributed by atoms with Gasteiger partial charge in [-0.25, -0.2) is 4.79 Å². The highest BCUT2D eigenvalue weighted by Crippen LogP contribution is 2.12. The Labute approximate surface area is 166 Å². The molecular formula is C19H33N5O2S. The van der Waals surface area contributed by atoms with Crippen molar-refractivity contribution in [2.24, 2.45) is 4.99 Å². The molecule has 0 aliphatic carbocycles. The molecule has 1 aromatic heterocycles. The first-order chi connectivity index (χ1) is 12.9. The lowest BCUT2D eigenvalue weighted by atomic mass is 10.2. The van der Waals surface area contributed by atoms with Gasteiger partial charge in [0, 0.05) is 44.6 Å². The molecule has 7 nitrogen and oxygen atoms in total. The number of hydrogen-bond acceptors (Lipinski definition) is 5. The monoisotopic (exact) mass is 395 g/mol. The molecule has 8 heteroatoms. The second-order valence-electron chi connectivity index (χ2n) is 7.59. The van der Waals surface area contributed by atoms with Gasteiger partial charge in [0.25, 0.3) is 0 Å². The van der Waals surface area contributed by atoms with E-state index in [2.05, 4.69) is 38.0 Å². The third-order valence-corrected chi connectivity index (χ3v) is 5.08. The zero-order valence-electron chi connectivity index (χ0n) is 17.0. The van der Waals surface area contributed by atoms with Gasteiger partial charge in [0.1, 0.15) is 5.60 Å². The summed E-state index contributed by atoms with van der Waals surface area (Å²) in [6.45, 7) is 11.6. The molecule has 1 fully saturated rings. The second-order valence-corrected chi connectivity index (χ2v) is 8.63. The molecule has 1 saturated heterocycles. The van der Waals surface area contributed by atoms with Crippen LogP contribution in [-0.4, -0.2) is 73.8 Å². The van der Waals surface area contributed by atoms with Crippen molar-refractivity contribution in [2.75, 3.05) is 46.3 Å². The number of hydrogen-bond donors (Lipinski definition) is 2. The molecule has 1 aliphatic heterocycles. The van der Waals surface area contributed by atoms with Crippen molar-refractivity contribution in [3.05, 3.63) is 22.4 Å². The van der Waals surface area contributed by atoms with Gasteiger partial charge in [0.05, 0.1) is 6.54 Å². The molecule has 1 aromatic rings. The first-order valence-electron chi connectivity index (χ1n) is 9.54. The van der Waals surface area contributed by atoms with Crippen molar-refractivity contribution in [1.29, 1.82) is 0 Å². The minimum Gasteiger partial charge on any atom is -0.444 e. The number of carbonyl (C=O) groups excluding carboxylic acids is 1. The van der Waals surface area contributed by atoms with Crippen LogP contribution in [0, 0.1) is 0 Å². The van der Waals surface area contributed by atoms with Gasteiger partial charge in [-0.05, 0) is 45.2 Å². The Kier molecular flexibility index (Phi) is 8.37. The van der Waals surface area contributed by atoms with Crippen LogP contribution < -0.4 is 10.6 Å². The summed E-state index contributed by atoms with van der Waals surface area (Å²) in [5.41, 5.74) is -0.435. The molecule has 0 saturated carbocycles. The Morgan fingerprint density at radius 3 is 2.59 bits per heavy atom. The van der Waals surface area contributed by atoms with Gasteiger partial charge in [-0.15, -0.1) is 11.3 Å². The second kappa shape index (κ2) is 10.5. The van der Waals surface area contributed by atoms with E-state index in [0.717, 1.165) is 58.2 Å². The van der Waals surface area contributed by atoms with Gasteiger partial charge in [0.15, 0.2) is 5.96 Å². The van der Waals surface area contributed by atoms with Crippen molar-refractivity contribution >= 4 is 23.4 Å². The minimum absolute atomic E-state index is 0.204. The fourth-order valence-electron chi connectivity index (χ4n) is 2.79. The Morgan fingerprint density at radius 1 is 1.26 bits per heavy atom. The van der Waals surface area contributed by atoms with Gasteiger partial charge >= 0.3 is 6.09 Å². The molecule has 1 aliphatic rings. The zero-order chi connectivity index (χ0) is 19.7. The molecule has 2 heterocycles. The van der Waals surface area contributed by atoms with Crippen LogP contribution in [0.5, 0.6) is 0 Å². The highest BCUT2D eigenvalue weighted by molar-refractivity contribution is 7.09. The molecule has 0 atom stereocenters. The van der Waals surface area contributed by atoms with E-state index in [1.54, 1.807) is 23.3 Å². The lowest BCUT2D eigenvalue weighted by Gasteiger charge is -2.35. The van der Waals surface area contributed by atoms with Gasteiger partial charge in [-0.1, -0.05) is 6.07 Å². The molecule has 1 amide bonds. The third-order valence-electron chi connectivity index (χ3n) is 4.20. The summed E-state index contributed by atoms with van der Waals surface area (Å²) in [6.07, 6.45) is 0.830. The summed E-state index contributed by atoms with van der Waals surface area (Å²) < 4.78 is 5.44. The van der Waals surface area contributed by atoms with E-state index >= 15 is 0 Å². The maximum absolute atomic E-state index is 12.1. The number of thiophene rings is 1. The number of aliphatic imine (C=N–C) groups is 1. The van der Waals surface area contributed by atoms with Crippen LogP contribution in [0.3, 0.4) is 0 Å². The van der Waals surface area contributed by atoms with Crippen LogP contribution in [0.15, 0.2) is 22.5 Å². The van der Waals surface area contributed by atoms with Crippen LogP contribution in [0.25, 0.3) is 0 Å². The minimum atomic E-state index is -0.435. The molecule has 2 N–H and O–H groups in total. The summed E-state index contributed by atoms with van der Waals surface area (Å²) >= 11 is 1.74. The predicted molar refractivity (Wildman–Crippen MR) is 111 cm³/mol. The molecular weight excluding hydrogens is 362 g/mol. The number of piperazine rings is 1. The first kappa shape index (κ1) is 21.5. The number of rotatable bonds is 6. The Hall–Kier alpha value is -1.80. The average Bonchev–Trinajstić information content (AvgIpc) is 3.13.